The number of pyridine rings is 1. The smallest absolute Gasteiger partial charge is 0.243 e. The minimum atomic E-state index is -3.56. The van der Waals surface area contributed by atoms with E-state index in [0.717, 1.165) is 12.8 Å². The zero-order valence-electron chi connectivity index (χ0n) is 14.5. The summed E-state index contributed by atoms with van der Waals surface area (Å²) >= 11 is 6.05. The Labute approximate surface area is 158 Å². The number of methoxy groups -OCH3 is 1. The molecule has 3 rings (SSSR count). The number of sulfonamides is 1. The predicted octanol–water partition coefficient (Wildman–Crippen LogP) is 3.22. The van der Waals surface area contributed by atoms with Gasteiger partial charge >= 0.3 is 0 Å². The first-order valence-electron chi connectivity index (χ1n) is 8.38. The SMILES string of the molecule is COc1cccc(S(=O)(=O)N2CCCC(COc3ncccc3Cl)C2)c1. The van der Waals surface area contributed by atoms with Crippen molar-refractivity contribution in [1.82, 2.24) is 9.29 Å². The van der Waals surface area contributed by atoms with Gasteiger partial charge in [-0.15, -0.1) is 0 Å². The Morgan fingerprint density at radius 3 is 2.92 bits per heavy atom. The van der Waals surface area contributed by atoms with Gasteiger partial charge in [0.05, 0.1) is 18.6 Å². The fourth-order valence-electron chi connectivity index (χ4n) is 2.97. The van der Waals surface area contributed by atoms with Gasteiger partial charge in [-0.1, -0.05) is 17.7 Å². The summed E-state index contributed by atoms with van der Waals surface area (Å²) in [5.41, 5.74) is 0. The lowest BCUT2D eigenvalue weighted by Crippen LogP contribution is -2.41. The molecule has 0 spiro atoms. The molecule has 1 unspecified atom stereocenters. The normalized spacial score (nSPS) is 18.5. The van der Waals surface area contributed by atoms with E-state index >= 15 is 0 Å². The molecule has 1 saturated heterocycles. The molecule has 1 aromatic heterocycles. The van der Waals surface area contributed by atoms with Crippen LogP contribution in [-0.4, -0.2) is 44.5 Å². The summed E-state index contributed by atoms with van der Waals surface area (Å²) in [5.74, 6) is 0.983. The first kappa shape index (κ1) is 18.9. The van der Waals surface area contributed by atoms with Crippen molar-refractivity contribution < 1.29 is 17.9 Å². The first-order valence-corrected chi connectivity index (χ1v) is 10.2. The van der Waals surface area contributed by atoms with Gasteiger partial charge in [-0.25, -0.2) is 13.4 Å². The predicted molar refractivity (Wildman–Crippen MR) is 99.2 cm³/mol. The monoisotopic (exact) mass is 396 g/mol. The average Bonchev–Trinajstić information content (AvgIpc) is 2.67. The maximum Gasteiger partial charge on any atom is 0.243 e. The van der Waals surface area contributed by atoms with E-state index in [0.29, 0.717) is 36.3 Å². The number of nitrogens with zero attached hydrogens (tertiary/aromatic N) is 2. The van der Waals surface area contributed by atoms with E-state index in [-0.39, 0.29) is 10.8 Å². The van der Waals surface area contributed by atoms with Crippen molar-refractivity contribution in [3.63, 3.8) is 0 Å². The first-order chi connectivity index (χ1) is 12.5. The van der Waals surface area contributed by atoms with Crippen molar-refractivity contribution in [1.29, 1.82) is 0 Å². The number of piperidine rings is 1. The Morgan fingerprint density at radius 1 is 1.31 bits per heavy atom. The highest BCUT2D eigenvalue weighted by atomic mass is 35.5. The van der Waals surface area contributed by atoms with Gasteiger partial charge in [-0.05, 0) is 37.1 Å². The lowest BCUT2D eigenvalue weighted by Gasteiger charge is -2.31. The third kappa shape index (κ3) is 4.28. The number of hydrogen-bond donors (Lipinski definition) is 0. The molecule has 140 valence electrons. The van der Waals surface area contributed by atoms with E-state index in [2.05, 4.69) is 4.98 Å². The van der Waals surface area contributed by atoms with Gasteiger partial charge < -0.3 is 9.47 Å². The molecule has 6 nitrogen and oxygen atoms in total. The quantitative estimate of drug-likeness (QED) is 0.749. The summed E-state index contributed by atoms with van der Waals surface area (Å²) in [6, 6.07) is 9.99. The lowest BCUT2D eigenvalue weighted by molar-refractivity contribution is 0.176. The largest absolute Gasteiger partial charge is 0.497 e. The highest BCUT2D eigenvalue weighted by Crippen LogP contribution is 2.27. The molecular weight excluding hydrogens is 376 g/mol. The Morgan fingerprint density at radius 2 is 2.15 bits per heavy atom. The molecule has 1 aromatic carbocycles. The number of aromatic nitrogens is 1. The van der Waals surface area contributed by atoms with Crippen LogP contribution >= 0.6 is 11.6 Å². The summed E-state index contributed by atoms with van der Waals surface area (Å²) in [6.07, 6.45) is 3.30. The summed E-state index contributed by atoms with van der Waals surface area (Å²) in [6.45, 7) is 1.28. The highest BCUT2D eigenvalue weighted by Gasteiger charge is 2.31. The van der Waals surface area contributed by atoms with Gasteiger partial charge in [-0.3, -0.25) is 0 Å². The number of benzene rings is 1. The van der Waals surface area contributed by atoms with E-state index in [9.17, 15) is 8.42 Å². The zero-order valence-corrected chi connectivity index (χ0v) is 16.0. The molecule has 26 heavy (non-hydrogen) atoms. The van der Waals surface area contributed by atoms with Crippen molar-refractivity contribution >= 4 is 21.6 Å². The molecular formula is C18H21ClN2O4S. The third-order valence-electron chi connectivity index (χ3n) is 4.34. The van der Waals surface area contributed by atoms with Crippen molar-refractivity contribution in [3.05, 3.63) is 47.6 Å². The fraction of sp³-hybridized carbons (Fsp3) is 0.389. The summed E-state index contributed by atoms with van der Waals surface area (Å²) in [4.78, 5) is 4.34. The van der Waals surface area contributed by atoms with E-state index < -0.39 is 10.0 Å². The van der Waals surface area contributed by atoms with Crippen molar-refractivity contribution in [2.24, 2.45) is 5.92 Å². The lowest BCUT2D eigenvalue weighted by atomic mass is 10.0. The third-order valence-corrected chi connectivity index (χ3v) is 6.49. The van der Waals surface area contributed by atoms with Gasteiger partial charge in [0.2, 0.25) is 15.9 Å². The molecule has 1 aliphatic rings. The van der Waals surface area contributed by atoms with Crippen LogP contribution in [0.1, 0.15) is 12.8 Å². The molecule has 0 radical (unpaired) electrons. The van der Waals surface area contributed by atoms with Crippen LogP contribution in [-0.2, 0) is 10.0 Å². The van der Waals surface area contributed by atoms with Crippen molar-refractivity contribution in [2.75, 3.05) is 26.8 Å². The second-order valence-electron chi connectivity index (χ2n) is 6.15. The molecule has 0 amide bonds. The van der Waals surface area contributed by atoms with Crippen LogP contribution < -0.4 is 9.47 Å². The van der Waals surface area contributed by atoms with E-state index in [1.54, 1.807) is 42.6 Å². The molecule has 1 fully saturated rings. The Hall–Kier alpha value is -1.83. The molecule has 0 aliphatic carbocycles. The van der Waals surface area contributed by atoms with E-state index in [1.165, 1.54) is 11.4 Å². The van der Waals surface area contributed by atoms with E-state index in [4.69, 9.17) is 21.1 Å². The van der Waals surface area contributed by atoms with Gasteiger partial charge in [0.1, 0.15) is 10.8 Å². The number of ether oxygens (including phenoxy) is 2. The number of hydrogen-bond acceptors (Lipinski definition) is 5. The maximum absolute atomic E-state index is 12.9. The molecule has 8 heteroatoms. The molecule has 2 aromatic rings. The fourth-order valence-corrected chi connectivity index (χ4v) is 4.73. The Kier molecular flexibility index (Phi) is 6.01. The highest BCUT2D eigenvalue weighted by molar-refractivity contribution is 7.89. The number of halogens is 1. The summed E-state index contributed by atoms with van der Waals surface area (Å²) in [5, 5.41) is 0.448. The van der Waals surface area contributed by atoms with Crippen LogP contribution in [0.4, 0.5) is 0 Å². The Bertz CT molecular complexity index is 860. The minimum Gasteiger partial charge on any atom is -0.497 e. The number of rotatable bonds is 6. The van der Waals surface area contributed by atoms with Crippen LogP contribution in [0.15, 0.2) is 47.5 Å². The van der Waals surface area contributed by atoms with Crippen molar-refractivity contribution in [2.45, 2.75) is 17.7 Å². The van der Waals surface area contributed by atoms with Gasteiger partial charge in [-0.2, -0.15) is 4.31 Å². The Balaban J connectivity index is 1.68. The molecule has 1 atom stereocenters. The van der Waals surface area contributed by atoms with E-state index in [1.807, 2.05) is 0 Å². The molecule has 2 heterocycles. The molecule has 0 saturated carbocycles. The van der Waals surface area contributed by atoms with Crippen molar-refractivity contribution in [3.8, 4) is 11.6 Å². The van der Waals surface area contributed by atoms with Crippen LogP contribution in [0, 0.1) is 5.92 Å². The average molecular weight is 397 g/mol. The second kappa shape index (κ2) is 8.24. The summed E-state index contributed by atoms with van der Waals surface area (Å²) < 4.78 is 38.2. The minimum absolute atomic E-state index is 0.0854. The molecule has 0 N–H and O–H groups in total. The summed E-state index contributed by atoms with van der Waals surface area (Å²) in [7, 11) is -2.05. The van der Waals surface area contributed by atoms with Gasteiger partial charge in [0.25, 0.3) is 0 Å². The van der Waals surface area contributed by atoms with Crippen LogP contribution in [0.3, 0.4) is 0 Å². The van der Waals surface area contributed by atoms with Gasteiger partial charge in [0.15, 0.2) is 0 Å². The zero-order chi connectivity index (χ0) is 18.6. The topological polar surface area (TPSA) is 68.7 Å². The van der Waals surface area contributed by atoms with Crippen LogP contribution in [0.5, 0.6) is 11.6 Å². The van der Waals surface area contributed by atoms with Gasteiger partial charge in [0, 0.05) is 31.3 Å². The van der Waals surface area contributed by atoms with Crippen LogP contribution in [0.25, 0.3) is 0 Å². The molecule has 1 aliphatic heterocycles. The molecule has 0 bridgehead atoms. The second-order valence-corrected chi connectivity index (χ2v) is 8.50. The van der Waals surface area contributed by atoms with Crippen LogP contribution in [0.2, 0.25) is 5.02 Å². The maximum atomic E-state index is 12.9. The standard InChI is InChI=1S/C18H21ClN2O4S/c1-24-15-6-2-7-16(11-15)26(22,23)21-10-4-5-14(12-21)13-25-18-17(19)8-3-9-20-18/h2-3,6-9,11,14H,4-5,10,12-13H2,1H3.